The summed E-state index contributed by atoms with van der Waals surface area (Å²) >= 11 is 0. The van der Waals surface area contributed by atoms with Gasteiger partial charge in [-0.2, -0.15) is 4.98 Å². The summed E-state index contributed by atoms with van der Waals surface area (Å²) in [6.07, 6.45) is 1.85. The van der Waals surface area contributed by atoms with Gasteiger partial charge in [0, 0.05) is 51.1 Å². The summed E-state index contributed by atoms with van der Waals surface area (Å²) in [6, 6.07) is 8.89. The lowest BCUT2D eigenvalue weighted by molar-refractivity contribution is 0.245. The molecule has 1 aliphatic rings. The van der Waals surface area contributed by atoms with Crippen LogP contribution in [-0.4, -0.2) is 48.2 Å². The Morgan fingerprint density at radius 3 is 2.72 bits per heavy atom. The predicted molar refractivity (Wildman–Crippen MR) is 92.2 cm³/mol. The fourth-order valence-electron chi connectivity index (χ4n) is 3.00. The highest BCUT2D eigenvalue weighted by Crippen LogP contribution is 2.23. The molecule has 0 unspecified atom stereocenters. The van der Waals surface area contributed by atoms with Crippen LogP contribution in [0.4, 0.5) is 10.4 Å². The van der Waals surface area contributed by atoms with Crippen molar-refractivity contribution in [2.75, 3.05) is 38.2 Å². The summed E-state index contributed by atoms with van der Waals surface area (Å²) < 4.78 is 24.1. The van der Waals surface area contributed by atoms with Crippen LogP contribution < -0.4 is 9.64 Å². The number of fused-ring (bicyclic) bond motifs is 1. The largest absolute Gasteiger partial charge is 0.481 e. The van der Waals surface area contributed by atoms with Crippen LogP contribution in [0.5, 0.6) is 5.88 Å². The number of anilines is 1. The number of piperazine rings is 1. The first-order chi connectivity index (χ1) is 12.2. The van der Waals surface area contributed by atoms with Crippen LogP contribution in [-0.2, 0) is 6.54 Å². The Bertz CT molecular complexity index is 857. The number of halogens is 1. The van der Waals surface area contributed by atoms with Crippen molar-refractivity contribution in [2.24, 2.45) is 0 Å². The molecule has 0 bridgehead atoms. The Morgan fingerprint density at radius 2 is 2.00 bits per heavy atom. The Morgan fingerprint density at radius 1 is 1.16 bits per heavy atom. The number of rotatable bonds is 4. The van der Waals surface area contributed by atoms with Crippen LogP contribution in [0.25, 0.3) is 11.1 Å². The van der Waals surface area contributed by atoms with Gasteiger partial charge in [-0.05, 0) is 17.7 Å². The maximum atomic E-state index is 13.3. The molecule has 0 atom stereocenters. The van der Waals surface area contributed by atoms with Crippen LogP contribution >= 0.6 is 0 Å². The summed E-state index contributed by atoms with van der Waals surface area (Å²) in [5, 5.41) is 0. The van der Waals surface area contributed by atoms with Gasteiger partial charge in [-0.15, -0.1) is 0 Å². The summed E-state index contributed by atoms with van der Waals surface area (Å²) in [4.78, 5) is 13.2. The number of aromatic nitrogens is 2. The number of hydrogen-bond donors (Lipinski definition) is 0. The van der Waals surface area contributed by atoms with Crippen molar-refractivity contribution >= 4 is 17.1 Å². The molecule has 4 rings (SSSR count). The molecule has 1 aliphatic heterocycles. The maximum Gasteiger partial charge on any atom is 0.298 e. The van der Waals surface area contributed by atoms with E-state index in [2.05, 4.69) is 19.8 Å². The summed E-state index contributed by atoms with van der Waals surface area (Å²) in [5.74, 6) is 0.314. The standard InChI is InChI=1S/C18H19FN4O2/c1-24-17-5-2-13(11-20-17)12-22-6-8-23(9-7-22)18-21-15-4-3-14(19)10-16(15)25-18/h2-5,10-11H,6-9,12H2,1H3. The number of ether oxygens (including phenoxy) is 1. The van der Waals surface area contributed by atoms with Crippen LogP contribution in [0.1, 0.15) is 5.56 Å². The monoisotopic (exact) mass is 342 g/mol. The Hall–Kier alpha value is -2.67. The van der Waals surface area contributed by atoms with Crippen LogP contribution in [0.3, 0.4) is 0 Å². The molecule has 3 heterocycles. The van der Waals surface area contributed by atoms with E-state index in [4.69, 9.17) is 9.15 Å². The molecule has 130 valence electrons. The number of oxazole rings is 1. The van der Waals surface area contributed by atoms with Gasteiger partial charge < -0.3 is 14.1 Å². The molecule has 7 heteroatoms. The van der Waals surface area contributed by atoms with E-state index in [1.54, 1.807) is 13.2 Å². The van der Waals surface area contributed by atoms with E-state index in [0.717, 1.165) is 38.3 Å². The molecule has 2 aromatic heterocycles. The van der Waals surface area contributed by atoms with Gasteiger partial charge in [0.1, 0.15) is 11.3 Å². The van der Waals surface area contributed by atoms with Gasteiger partial charge >= 0.3 is 0 Å². The Kier molecular flexibility index (Phi) is 4.23. The zero-order valence-electron chi connectivity index (χ0n) is 14.0. The molecule has 1 fully saturated rings. The molecule has 0 radical (unpaired) electrons. The third-order valence-electron chi connectivity index (χ3n) is 4.39. The lowest BCUT2D eigenvalue weighted by Crippen LogP contribution is -2.46. The van der Waals surface area contributed by atoms with Gasteiger partial charge in [0.15, 0.2) is 5.58 Å². The zero-order chi connectivity index (χ0) is 17.2. The highest BCUT2D eigenvalue weighted by Gasteiger charge is 2.21. The zero-order valence-corrected chi connectivity index (χ0v) is 14.0. The smallest absolute Gasteiger partial charge is 0.298 e. The van der Waals surface area contributed by atoms with E-state index in [-0.39, 0.29) is 5.82 Å². The summed E-state index contributed by atoms with van der Waals surface area (Å²) in [6.45, 7) is 4.29. The molecule has 0 N–H and O–H groups in total. The van der Waals surface area contributed by atoms with E-state index in [1.165, 1.54) is 12.1 Å². The first-order valence-corrected chi connectivity index (χ1v) is 8.23. The van der Waals surface area contributed by atoms with E-state index >= 15 is 0 Å². The lowest BCUT2D eigenvalue weighted by Gasteiger charge is -2.33. The van der Waals surface area contributed by atoms with E-state index in [9.17, 15) is 4.39 Å². The first kappa shape index (κ1) is 15.8. The SMILES string of the molecule is COc1ccc(CN2CCN(c3nc4ccc(F)cc4o3)CC2)cn1. The number of benzene rings is 1. The minimum atomic E-state index is -0.312. The van der Waals surface area contributed by atoms with Crippen molar-refractivity contribution in [3.63, 3.8) is 0 Å². The average molecular weight is 342 g/mol. The second-order valence-electron chi connectivity index (χ2n) is 6.08. The topological polar surface area (TPSA) is 54.6 Å². The van der Waals surface area contributed by atoms with E-state index in [1.807, 2.05) is 18.3 Å². The quantitative estimate of drug-likeness (QED) is 0.727. The highest BCUT2D eigenvalue weighted by molar-refractivity contribution is 5.74. The van der Waals surface area contributed by atoms with Crippen molar-refractivity contribution in [1.82, 2.24) is 14.9 Å². The van der Waals surface area contributed by atoms with Crippen molar-refractivity contribution in [3.8, 4) is 5.88 Å². The van der Waals surface area contributed by atoms with Crippen LogP contribution in [0.15, 0.2) is 40.9 Å². The molecular formula is C18H19FN4O2. The molecule has 0 spiro atoms. The van der Waals surface area contributed by atoms with Crippen LogP contribution in [0, 0.1) is 5.82 Å². The van der Waals surface area contributed by atoms with Gasteiger partial charge in [0.05, 0.1) is 7.11 Å². The summed E-state index contributed by atoms with van der Waals surface area (Å²) in [5.41, 5.74) is 2.33. The predicted octanol–water partition coefficient (Wildman–Crippen LogP) is 2.69. The molecule has 1 saturated heterocycles. The number of methoxy groups -OCH3 is 1. The second-order valence-corrected chi connectivity index (χ2v) is 6.08. The number of nitrogens with zero attached hydrogens (tertiary/aromatic N) is 4. The van der Waals surface area contributed by atoms with Gasteiger partial charge in [0.25, 0.3) is 6.01 Å². The Balaban J connectivity index is 1.38. The molecule has 1 aromatic carbocycles. The fourth-order valence-corrected chi connectivity index (χ4v) is 3.00. The van der Waals surface area contributed by atoms with Gasteiger partial charge in [-0.25, -0.2) is 9.37 Å². The first-order valence-electron chi connectivity index (χ1n) is 8.23. The molecular weight excluding hydrogens is 323 g/mol. The molecule has 6 nitrogen and oxygen atoms in total. The third kappa shape index (κ3) is 3.41. The highest BCUT2D eigenvalue weighted by atomic mass is 19.1. The van der Waals surface area contributed by atoms with Crippen molar-refractivity contribution < 1.29 is 13.5 Å². The number of pyridine rings is 1. The van der Waals surface area contributed by atoms with Gasteiger partial charge in [-0.1, -0.05) is 6.07 Å². The minimum Gasteiger partial charge on any atom is -0.481 e. The van der Waals surface area contributed by atoms with Crippen molar-refractivity contribution in [1.29, 1.82) is 0 Å². The van der Waals surface area contributed by atoms with Gasteiger partial charge in [0.2, 0.25) is 5.88 Å². The van der Waals surface area contributed by atoms with Gasteiger partial charge in [-0.3, -0.25) is 4.90 Å². The number of hydrogen-bond acceptors (Lipinski definition) is 6. The second kappa shape index (κ2) is 6.68. The van der Waals surface area contributed by atoms with E-state index in [0.29, 0.717) is 23.0 Å². The maximum absolute atomic E-state index is 13.3. The van der Waals surface area contributed by atoms with E-state index < -0.39 is 0 Å². The molecule has 25 heavy (non-hydrogen) atoms. The lowest BCUT2D eigenvalue weighted by atomic mass is 10.2. The molecule has 0 saturated carbocycles. The minimum absolute atomic E-state index is 0.312. The molecule has 3 aromatic rings. The van der Waals surface area contributed by atoms with Crippen LogP contribution in [0.2, 0.25) is 0 Å². The fraction of sp³-hybridized carbons (Fsp3) is 0.333. The summed E-state index contributed by atoms with van der Waals surface area (Å²) in [7, 11) is 1.61. The normalized spacial score (nSPS) is 15.7. The third-order valence-corrected chi connectivity index (χ3v) is 4.39. The molecule has 0 aliphatic carbocycles. The molecule has 0 amide bonds. The van der Waals surface area contributed by atoms with Crippen molar-refractivity contribution in [2.45, 2.75) is 6.54 Å². The van der Waals surface area contributed by atoms with Crippen molar-refractivity contribution in [3.05, 3.63) is 47.9 Å². The Labute approximate surface area is 144 Å². The average Bonchev–Trinajstić information content (AvgIpc) is 3.06.